The minimum atomic E-state index is 0.632. The molecule has 3 rings (SSSR count). The van der Waals surface area contributed by atoms with Gasteiger partial charge >= 0.3 is 0 Å². The maximum Gasteiger partial charge on any atom is 0.0908 e. The molecule has 0 unspecified atom stereocenters. The number of aryl methyl sites for hydroxylation is 1. The third-order valence-corrected chi connectivity index (χ3v) is 7.21. The average molecular weight is 390 g/mol. The van der Waals surface area contributed by atoms with Gasteiger partial charge in [0.15, 0.2) is 0 Å². The van der Waals surface area contributed by atoms with Crippen molar-refractivity contribution < 1.29 is 0 Å². The van der Waals surface area contributed by atoms with Crippen LogP contribution in [0.4, 0.5) is 0 Å². The van der Waals surface area contributed by atoms with Crippen LogP contribution < -0.4 is 0 Å². The van der Waals surface area contributed by atoms with Crippen LogP contribution in [0.15, 0.2) is 48.6 Å². The molecule has 1 nitrogen and oxygen atoms in total. The van der Waals surface area contributed by atoms with E-state index in [4.69, 9.17) is 5.26 Å². The summed E-state index contributed by atoms with van der Waals surface area (Å²) in [7, 11) is 0. The Bertz CT molecular complexity index is 674. The molecule has 0 aliphatic heterocycles. The zero-order valence-corrected chi connectivity index (χ0v) is 18.4. The molecule has 1 aromatic carbocycles. The van der Waals surface area contributed by atoms with Crippen molar-refractivity contribution in [3.05, 3.63) is 59.7 Å². The van der Waals surface area contributed by atoms with Crippen LogP contribution in [0, 0.1) is 29.1 Å². The fraction of sp³-hybridized carbons (Fsp3) is 0.607. The maximum absolute atomic E-state index is 8.67. The molecule has 0 saturated heterocycles. The Morgan fingerprint density at radius 1 is 0.793 bits per heavy atom. The van der Waals surface area contributed by atoms with Gasteiger partial charge in [0.25, 0.3) is 0 Å². The van der Waals surface area contributed by atoms with Crippen LogP contribution in [0.25, 0.3) is 0 Å². The van der Waals surface area contributed by atoms with Gasteiger partial charge < -0.3 is 0 Å². The summed E-state index contributed by atoms with van der Waals surface area (Å²) < 4.78 is 0. The molecule has 29 heavy (non-hydrogen) atoms. The first-order valence-corrected chi connectivity index (χ1v) is 12.1. The van der Waals surface area contributed by atoms with Crippen LogP contribution in [-0.2, 0) is 6.42 Å². The number of hydrogen-bond donors (Lipinski definition) is 0. The van der Waals surface area contributed by atoms with E-state index in [0.717, 1.165) is 17.8 Å². The van der Waals surface area contributed by atoms with Gasteiger partial charge in [0.05, 0.1) is 6.07 Å². The van der Waals surface area contributed by atoms with E-state index in [1.807, 2.05) is 0 Å². The SMILES string of the molecule is CCCCCc1ccc([C@H]2CC[C@H](/C=C/[C@H]3CC[C@H](C=CC#N)CC3)CC2)cc1. The summed E-state index contributed by atoms with van der Waals surface area (Å²) in [4.78, 5) is 0. The second kappa shape index (κ2) is 12.0. The van der Waals surface area contributed by atoms with Crippen molar-refractivity contribution in [1.29, 1.82) is 5.26 Å². The van der Waals surface area contributed by atoms with Gasteiger partial charge in [-0.3, -0.25) is 0 Å². The minimum Gasteiger partial charge on any atom is -0.193 e. The first-order valence-electron chi connectivity index (χ1n) is 12.1. The van der Waals surface area contributed by atoms with Crippen molar-refractivity contribution >= 4 is 0 Å². The number of benzene rings is 1. The lowest BCUT2D eigenvalue weighted by molar-refractivity contribution is 0.348. The van der Waals surface area contributed by atoms with Gasteiger partial charge in [0.1, 0.15) is 0 Å². The Morgan fingerprint density at radius 2 is 1.34 bits per heavy atom. The molecule has 156 valence electrons. The van der Waals surface area contributed by atoms with Crippen molar-refractivity contribution in [3.63, 3.8) is 0 Å². The molecule has 0 heterocycles. The Labute approximate surface area is 178 Å². The standard InChI is InChI=1S/C28H39N/c1-2-3-4-6-23-14-18-27(19-15-23)28-20-16-26(17-21-28)13-12-25-10-8-24(9-11-25)7-5-22-29/h5,7,12-15,18-19,24-26,28H,2-4,6,8-11,16-17,20-21H2,1H3/b7-5?,13-12+/t24-,25-,26-,28-. The number of rotatable bonds is 8. The molecule has 1 heteroatoms. The predicted molar refractivity (Wildman–Crippen MR) is 124 cm³/mol. The zero-order chi connectivity index (χ0) is 20.3. The molecule has 0 N–H and O–H groups in total. The highest BCUT2D eigenvalue weighted by atomic mass is 14.3. The number of hydrogen-bond acceptors (Lipinski definition) is 1. The van der Waals surface area contributed by atoms with E-state index >= 15 is 0 Å². The average Bonchev–Trinajstić information content (AvgIpc) is 2.78. The van der Waals surface area contributed by atoms with E-state index in [2.05, 4.69) is 55.5 Å². The van der Waals surface area contributed by atoms with Crippen molar-refractivity contribution in [2.75, 3.05) is 0 Å². The van der Waals surface area contributed by atoms with Gasteiger partial charge in [0.2, 0.25) is 0 Å². The Balaban J connectivity index is 1.39. The van der Waals surface area contributed by atoms with Gasteiger partial charge in [-0.05, 0) is 99.0 Å². The summed E-state index contributed by atoms with van der Waals surface area (Å²) in [6.07, 6.45) is 24.5. The van der Waals surface area contributed by atoms with E-state index in [1.54, 1.807) is 11.6 Å². The van der Waals surface area contributed by atoms with Crippen LogP contribution in [0.1, 0.15) is 94.6 Å². The summed E-state index contributed by atoms with van der Waals surface area (Å²) in [6, 6.07) is 11.7. The summed E-state index contributed by atoms with van der Waals surface area (Å²) in [5.41, 5.74) is 3.08. The van der Waals surface area contributed by atoms with E-state index in [0.29, 0.717) is 5.92 Å². The first kappa shape index (κ1) is 21.9. The third-order valence-electron chi connectivity index (χ3n) is 7.21. The highest BCUT2D eigenvalue weighted by Crippen LogP contribution is 2.37. The van der Waals surface area contributed by atoms with E-state index in [9.17, 15) is 0 Å². The largest absolute Gasteiger partial charge is 0.193 e. The lowest BCUT2D eigenvalue weighted by Crippen LogP contribution is -2.14. The van der Waals surface area contributed by atoms with Gasteiger partial charge in [-0.25, -0.2) is 0 Å². The summed E-state index contributed by atoms with van der Waals surface area (Å²) >= 11 is 0. The number of allylic oxidation sites excluding steroid dienone is 4. The molecular weight excluding hydrogens is 350 g/mol. The molecule has 0 spiro atoms. The topological polar surface area (TPSA) is 23.8 Å². The van der Waals surface area contributed by atoms with Crippen molar-refractivity contribution in [2.45, 2.75) is 89.9 Å². The molecule has 2 fully saturated rings. The van der Waals surface area contributed by atoms with Gasteiger partial charge in [-0.1, -0.05) is 62.3 Å². The normalized spacial score (nSPS) is 28.0. The highest BCUT2D eigenvalue weighted by Gasteiger charge is 2.22. The Morgan fingerprint density at radius 3 is 1.90 bits per heavy atom. The summed E-state index contributed by atoms with van der Waals surface area (Å²) in [5.74, 6) is 2.95. The summed E-state index contributed by atoms with van der Waals surface area (Å²) in [5, 5.41) is 8.67. The van der Waals surface area contributed by atoms with Crippen molar-refractivity contribution in [2.24, 2.45) is 17.8 Å². The monoisotopic (exact) mass is 389 g/mol. The van der Waals surface area contributed by atoms with Gasteiger partial charge in [-0.2, -0.15) is 5.26 Å². The van der Waals surface area contributed by atoms with E-state index in [-0.39, 0.29) is 0 Å². The third kappa shape index (κ3) is 7.18. The minimum absolute atomic E-state index is 0.632. The smallest absolute Gasteiger partial charge is 0.0908 e. The predicted octanol–water partition coefficient (Wildman–Crippen LogP) is 8.14. The number of unbranched alkanes of at least 4 members (excludes halogenated alkanes) is 2. The lowest BCUT2D eigenvalue weighted by atomic mass is 9.77. The van der Waals surface area contributed by atoms with Crippen LogP contribution >= 0.6 is 0 Å². The van der Waals surface area contributed by atoms with Crippen molar-refractivity contribution in [1.82, 2.24) is 0 Å². The second-order valence-corrected chi connectivity index (χ2v) is 9.36. The Kier molecular flexibility index (Phi) is 9.07. The molecule has 0 bridgehead atoms. The van der Waals surface area contributed by atoms with E-state index < -0.39 is 0 Å². The fourth-order valence-corrected chi connectivity index (χ4v) is 5.20. The van der Waals surface area contributed by atoms with E-state index in [1.165, 1.54) is 82.6 Å². The molecule has 2 aliphatic rings. The molecule has 1 aromatic rings. The molecule has 0 atom stereocenters. The fourth-order valence-electron chi connectivity index (χ4n) is 5.20. The molecular formula is C28H39N. The zero-order valence-electron chi connectivity index (χ0n) is 18.4. The van der Waals surface area contributed by atoms with Crippen molar-refractivity contribution in [3.8, 4) is 6.07 Å². The Hall–Kier alpha value is -1.81. The molecule has 2 saturated carbocycles. The summed E-state index contributed by atoms with van der Waals surface area (Å²) in [6.45, 7) is 2.27. The number of nitriles is 1. The van der Waals surface area contributed by atoms with Gasteiger partial charge in [-0.15, -0.1) is 0 Å². The van der Waals surface area contributed by atoms with Gasteiger partial charge in [0, 0.05) is 6.08 Å². The first-order chi connectivity index (χ1) is 14.3. The van der Waals surface area contributed by atoms with Crippen LogP contribution in [0.5, 0.6) is 0 Å². The molecule has 2 aliphatic carbocycles. The second-order valence-electron chi connectivity index (χ2n) is 9.36. The number of nitrogens with zero attached hydrogens (tertiary/aromatic N) is 1. The van der Waals surface area contributed by atoms with Crippen LogP contribution in [0.2, 0.25) is 0 Å². The molecule has 0 radical (unpaired) electrons. The molecule has 0 amide bonds. The molecule has 0 aromatic heterocycles. The van der Waals surface area contributed by atoms with Crippen LogP contribution in [-0.4, -0.2) is 0 Å². The van der Waals surface area contributed by atoms with Crippen LogP contribution in [0.3, 0.4) is 0 Å². The maximum atomic E-state index is 8.67. The quantitative estimate of drug-likeness (QED) is 0.250. The lowest BCUT2D eigenvalue weighted by Gasteiger charge is -2.28. The highest BCUT2D eigenvalue weighted by molar-refractivity contribution is 5.26.